The first-order valence-corrected chi connectivity index (χ1v) is 8.65. The van der Waals surface area contributed by atoms with Gasteiger partial charge in [0.1, 0.15) is 18.6 Å². The molecule has 5 N–H and O–H groups in total. The van der Waals surface area contributed by atoms with Crippen LogP contribution in [0, 0.1) is 0 Å². The van der Waals surface area contributed by atoms with Crippen molar-refractivity contribution in [3.8, 4) is 0 Å². The fourth-order valence-electron chi connectivity index (χ4n) is 2.52. The third-order valence-corrected chi connectivity index (χ3v) is 4.09. The second-order valence-corrected chi connectivity index (χ2v) is 6.28. The monoisotopic (exact) mass is 385 g/mol. The van der Waals surface area contributed by atoms with Gasteiger partial charge in [-0.1, -0.05) is 0 Å². The van der Waals surface area contributed by atoms with E-state index >= 15 is 0 Å². The van der Waals surface area contributed by atoms with Crippen molar-refractivity contribution < 1.29 is 28.7 Å². The van der Waals surface area contributed by atoms with E-state index in [9.17, 15) is 24.0 Å². The molecule has 4 amide bonds. The summed E-state index contributed by atoms with van der Waals surface area (Å²) in [6.07, 6.45) is 1.09. The van der Waals surface area contributed by atoms with E-state index < -0.39 is 47.7 Å². The number of esters is 1. The molecule has 0 aliphatic carbocycles. The van der Waals surface area contributed by atoms with Crippen LogP contribution in [0.25, 0.3) is 0 Å². The number of carbonyl (C=O) groups is 5. The van der Waals surface area contributed by atoms with Crippen LogP contribution in [0.15, 0.2) is 0 Å². The van der Waals surface area contributed by atoms with Crippen LogP contribution >= 0.6 is 0 Å². The van der Waals surface area contributed by atoms with Crippen molar-refractivity contribution in [1.29, 1.82) is 0 Å². The molecule has 3 atom stereocenters. The molecule has 1 fully saturated rings. The molecule has 152 valence electrons. The third-order valence-electron chi connectivity index (χ3n) is 4.09. The van der Waals surface area contributed by atoms with E-state index in [1.807, 2.05) is 0 Å². The zero-order chi connectivity index (χ0) is 20.6. The largest absolute Gasteiger partial charge is 0.468 e. The van der Waals surface area contributed by atoms with Crippen molar-refractivity contribution in [3.05, 3.63) is 0 Å². The van der Waals surface area contributed by atoms with Gasteiger partial charge >= 0.3 is 5.97 Å². The van der Waals surface area contributed by atoms with E-state index in [1.54, 1.807) is 0 Å². The molecule has 27 heavy (non-hydrogen) atoms. The second-order valence-electron chi connectivity index (χ2n) is 6.28. The average molecular weight is 385 g/mol. The van der Waals surface area contributed by atoms with E-state index in [-0.39, 0.29) is 13.1 Å². The smallest absolute Gasteiger partial charge is 0.325 e. The lowest BCUT2D eigenvalue weighted by Gasteiger charge is -2.25. The quantitative estimate of drug-likeness (QED) is 0.329. The van der Waals surface area contributed by atoms with Crippen molar-refractivity contribution in [2.24, 2.45) is 5.73 Å². The molecule has 0 bridgehead atoms. The summed E-state index contributed by atoms with van der Waals surface area (Å²) < 4.78 is 4.41. The number of nitrogens with zero attached hydrogens (tertiary/aromatic N) is 1. The minimum absolute atomic E-state index is 0.251. The van der Waals surface area contributed by atoms with Crippen LogP contribution in [-0.4, -0.2) is 79.4 Å². The minimum atomic E-state index is -0.891. The molecular formula is C16H27N5O6. The summed E-state index contributed by atoms with van der Waals surface area (Å²) in [6, 6.07) is -2.35. The number of nitrogens with two attached hydrogens (primary N) is 1. The maximum atomic E-state index is 12.4. The molecule has 0 aromatic heterocycles. The fourth-order valence-corrected chi connectivity index (χ4v) is 2.52. The van der Waals surface area contributed by atoms with Gasteiger partial charge in [0.05, 0.1) is 19.7 Å². The number of nitrogens with one attached hydrogen (secondary N) is 3. The first kappa shape index (κ1) is 22.4. The number of carbonyl (C=O) groups excluding carboxylic acids is 5. The van der Waals surface area contributed by atoms with Gasteiger partial charge in [-0.25, -0.2) is 0 Å². The zero-order valence-electron chi connectivity index (χ0n) is 15.7. The van der Waals surface area contributed by atoms with E-state index in [2.05, 4.69) is 20.7 Å². The maximum absolute atomic E-state index is 12.4. The number of hydrogen-bond acceptors (Lipinski definition) is 7. The highest BCUT2D eigenvalue weighted by Crippen LogP contribution is 2.17. The van der Waals surface area contributed by atoms with Crippen LogP contribution in [0.2, 0.25) is 0 Å². The van der Waals surface area contributed by atoms with E-state index in [0.717, 1.165) is 0 Å². The molecule has 0 unspecified atom stereocenters. The molecule has 0 spiro atoms. The zero-order valence-corrected chi connectivity index (χ0v) is 15.7. The molecule has 0 radical (unpaired) electrons. The maximum Gasteiger partial charge on any atom is 0.325 e. The van der Waals surface area contributed by atoms with Gasteiger partial charge in [-0.15, -0.1) is 0 Å². The van der Waals surface area contributed by atoms with Gasteiger partial charge < -0.3 is 31.3 Å². The Bertz CT molecular complexity index is 594. The summed E-state index contributed by atoms with van der Waals surface area (Å²) in [7, 11) is 1.20. The minimum Gasteiger partial charge on any atom is -0.468 e. The average Bonchev–Trinajstić information content (AvgIpc) is 3.13. The lowest BCUT2D eigenvalue weighted by Crippen LogP contribution is -2.54. The van der Waals surface area contributed by atoms with Crippen LogP contribution in [0.3, 0.4) is 0 Å². The normalized spacial score (nSPS) is 18.2. The molecular weight excluding hydrogens is 358 g/mol. The lowest BCUT2D eigenvalue weighted by atomic mass is 10.2. The number of methoxy groups -OCH3 is 1. The van der Waals surface area contributed by atoms with Crippen LogP contribution in [-0.2, 0) is 28.7 Å². The predicted octanol–water partition coefficient (Wildman–Crippen LogP) is -2.77. The van der Waals surface area contributed by atoms with Gasteiger partial charge in [0.2, 0.25) is 23.6 Å². The van der Waals surface area contributed by atoms with Crippen molar-refractivity contribution in [2.75, 3.05) is 26.7 Å². The highest BCUT2D eigenvalue weighted by molar-refractivity contribution is 5.94. The molecule has 1 aliphatic rings. The second kappa shape index (κ2) is 10.5. The molecule has 1 heterocycles. The molecule has 1 rings (SSSR count). The highest BCUT2D eigenvalue weighted by Gasteiger charge is 2.35. The van der Waals surface area contributed by atoms with Gasteiger partial charge in [-0.05, 0) is 26.7 Å². The number of likely N-dealkylation sites (tertiary alicyclic amines) is 1. The van der Waals surface area contributed by atoms with Crippen molar-refractivity contribution in [3.63, 3.8) is 0 Å². The number of ether oxygens (including phenoxy) is 1. The Morgan fingerprint density at radius 3 is 2.33 bits per heavy atom. The Balaban J connectivity index is 2.55. The molecule has 0 aromatic carbocycles. The summed E-state index contributed by atoms with van der Waals surface area (Å²) >= 11 is 0. The van der Waals surface area contributed by atoms with E-state index in [4.69, 9.17) is 5.73 Å². The molecule has 0 saturated carbocycles. The fraction of sp³-hybridized carbons (Fsp3) is 0.688. The standard InChI is InChI=1S/C16H27N5O6/c1-9(17)14(24)18-7-12(22)21-6-4-5-11(21)16(26)20-10(2)15(25)19-8-13(23)27-3/h9-11H,4-8,17H2,1-3H3,(H,18,24)(H,19,25)(H,20,26)/t9-,10-,11-/m0/s1. The topological polar surface area (TPSA) is 160 Å². The Labute approximate surface area is 157 Å². The van der Waals surface area contributed by atoms with Crippen molar-refractivity contribution in [1.82, 2.24) is 20.9 Å². The summed E-state index contributed by atoms with van der Waals surface area (Å²) in [4.78, 5) is 60.5. The Kier molecular flexibility index (Phi) is 8.66. The van der Waals surface area contributed by atoms with Crippen LogP contribution in [0.5, 0.6) is 0 Å². The highest BCUT2D eigenvalue weighted by atomic mass is 16.5. The van der Waals surface area contributed by atoms with E-state index in [1.165, 1.54) is 25.9 Å². The molecule has 1 saturated heterocycles. The number of hydrogen-bond donors (Lipinski definition) is 4. The number of rotatable bonds is 8. The number of amides is 4. The summed E-state index contributed by atoms with van der Waals surface area (Å²) in [5.74, 6) is -2.49. The van der Waals surface area contributed by atoms with Gasteiger partial charge in [0.25, 0.3) is 0 Å². The Morgan fingerprint density at radius 1 is 1.11 bits per heavy atom. The Morgan fingerprint density at radius 2 is 1.74 bits per heavy atom. The third kappa shape index (κ3) is 6.85. The molecule has 11 nitrogen and oxygen atoms in total. The van der Waals surface area contributed by atoms with Crippen LogP contribution in [0.4, 0.5) is 0 Å². The molecule has 1 aliphatic heterocycles. The Hall–Kier alpha value is -2.69. The summed E-state index contributed by atoms with van der Waals surface area (Å²) in [6.45, 7) is 2.79. The van der Waals surface area contributed by atoms with Crippen LogP contribution < -0.4 is 21.7 Å². The molecule has 0 aromatic rings. The summed E-state index contributed by atoms with van der Waals surface area (Å²) in [5, 5.41) is 7.28. The first-order valence-electron chi connectivity index (χ1n) is 8.65. The van der Waals surface area contributed by atoms with Crippen molar-refractivity contribution in [2.45, 2.75) is 44.8 Å². The lowest BCUT2D eigenvalue weighted by molar-refractivity contribution is -0.142. The van der Waals surface area contributed by atoms with Gasteiger partial charge in [0.15, 0.2) is 0 Å². The summed E-state index contributed by atoms with van der Waals surface area (Å²) in [5.41, 5.74) is 5.42. The van der Waals surface area contributed by atoms with Crippen molar-refractivity contribution >= 4 is 29.6 Å². The SMILES string of the molecule is COC(=O)CNC(=O)[C@H](C)NC(=O)[C@@H]1CCCN1C(=O)CNC(=O)[C@H](C)N. The first-order chi connectivity index (χ1) is 12.7. The predicted molar refractivity (Wildman–Crippen MR) is 94.0 cm³/mol. The van der Waals surface area contributed by atoms with E-state index in [0.29, 0.717) is 19.4 Å². The van der Waals surface area contributed by atoms with Gasteiger partial charge in [-0.3, -0.25) is 24.0 Å². The van der Waals surface area contributed by atoms with Crippen LogP contribution in [0.1, 0.15) is 26.7 Å². The van der Waals surface area contributed by atoms with Gasteiger partial charge in [-0.2, -0.15) is 0 Å². The molecule has 11 heteroatoms. The van der Waals surface area contributed by atoms with Gasteiger partial charge in [0, 0.05) is 6.54 Å².